The van der Waals surface area contributed by atoms with E-state index in [0.29, 0.717) is 0 Å². The fourth-order valence-corrected chi connectivity index (χ4v) is 1.27. The van der Waals surface area contributed by atoms with Crippen LogP contribution in [0.2, 0.25) is 0 Å². The molecule has 4 N–H and O–H groups in total. The van der Waals surface area contributed by atoms with Crippen LogP contribution in [0.25, 0.3) is 0 Å². The predicted molar refractivity (Wildman–Crippen MR) is 59.5 cm³/mol. The third-order valence-corrected chi connectivity index (χ3v) is 2.27. The van der Waals surface area contributed by atoms with E-state index in [-0.39, 0.29) is 5.92 Å². The van der Waals surface area contributed by atoms with Gasteiger partial charge in [0.1, 0.15) is 6.04 Å². The molecule has 0 rings (SSSR count). The number of likely N-dealkylation sites (N-methyl/N-ethyl adjacent to an activating group) is 1. The minimum atomic E-state index is -1.14. The summed E-state index contributed by atoms with van der Waals surface area (Å²) in [5.41, 5.74) is 0. The topological polar surface area (TPSA) is 116 Å². The van der Waals surface area contributed by atoms with Gasteiger partial charge in [0.05, 0.1) is 12.5 Å². The van der Waals surface area contributed by atoms with E-state index >= 15 is 0 Å². The molecule has 0 aliphatic heterocycles. The second-order valence-corrected chi connectivity index (χ2v) is 4.01. The summed E-state index contributed by atoms with van der Waals surface area (Å²) in [5.74, 6) is -3.18. The number of carbonyl (C=O) groups is 3. The van der Waals surface area contributed by atoms with Crippen molar-refractivity contribution in [3.63, 3.8) is 0 Å². The van der Waals surface area contributed by atoms with Crippen molar-refractivity contribution in [2.45, 2.75) is 32.4 Å². The van der Waals surface area contributed by atoms with Gasteiger partial charge in [-0.25, -0.2) is 4.79 Å². The first-order valence-corrected chi connectivity index (χ1v) is 5.21. The highest BCUT2D eigenvalue weighted by Crippen LogP contribution is 2.03. The number of nitrogens with one attached hydrogen (secondary N) is 2. The van der Waals surface area contributed by atoms with Crippen LogP contribution in [0.3, 0.4) is 0 Å². The van der Waals surface area contributed by atoms with Gasteiger partial charge in [-0.2, -0.15) is 0 Å². The van der Waals surface area contributed by atoms with Crippen molar-refractivity contribution >= 4 is 17.8 Å². The van der Waals surface area contributed by atoms with Gasteiger partial charge in [-0.15, -0.1) is 0 Å². The molecule has 0 radical (unpaired) electrons. The second kappa shape index (κ2) is 6.85. The summed E-state index contributed by atoms with van der Waals surface area (Å²) in [6, 6.07) is -1.96. The SMILES string of the molecule is CNC(CC(=O)O)C(=O)NC(C(=O)O)C(C)C. The smallest absolute Gasteiger partial charge is 0.326 e. The number of amides is 1. The monoisotopic (exact) mass is 246 g/mol. The number of aliphatic carboxylic acids is 2. The zero-order chi connectivity index (χ0) is 13.6. The molecular weight excluding hydrogens is 228 g/mol. The lowest BCUT2D eigenvalue weighted by Crippen LogP contribution is -2.51. The molecule has 98 valence electrons. The van der Waals surface area contributed by atoms with E-state index in [9.17, 15) is 14.4 Å². The van der Waals surface area contributed by atoms with E-state index in [2.05, 4.69) is 10.6 Å². The largest absolute Gasteiger partial charge is 0.481 e. The summed E-state index contributed by atoms with van der Waals surface area (Å²) in [7, 11) is 1.44. The lowest BCUT2D eigenvalue weighted by Gasteiger charge is -2.21. The molecule has 7 heteroatoms. The Morgan fingerprint density at radius 3 is 2.00 bits per heavy atom. The van der Waals surface area contributed by atoms with Crippen molar-refractivity contribution in [3.05, 3.63) is 0 Å². The highest BCUT2D eigenvalue weighted by Gasteiger charge is 2.27. The van der Waals surface area contributed by atoms with Crippen molar-refractivity contribution in [1.29, 1.82) is 0 Å². The second-order valence-electron chi connectivity index (χ2n) is 4.01. The number of rotatable bonds is 7. The molecule has 0 aliphatic rings. The molecule has 1 amide bonds. The molecule has 0 aliphatic carbocycles. The van der Waals surface area contributed by atoms with Gasteiger partial charge in [-0.1, -0.05) is 13.8 Å². The van der Waals surface area contributed by atoms with Crippen LogP contribution in [0.4, 0.5) is 0 Å². The molecule has 17 heavy (non-hydrogen) atoms. The summed E-state index contributed by atoms with van der Waals surface area (Å²) in [6.07, 6.45) is -0.396. The maximum absolute atomic E-state index is 11.6. The Kier molecular flexibility index (Phi) is 6.19. The van der Waals surface area contributed by atoms with E-state index in [1.54, 1.807) is 13.8 Å². The minimum Gasteiger partial charge on any atom is -0.481 e. The summed E-state index contributed by atoms with van der Waals surface area (Å²) in [4.78, 5) is 33.0. The summed E-state index contributed by atoms with van der Waals surface area (Å²) < 4.78 is 0. The van der Waals surface area contributed by atoms with Gasteiger partial charge in [-0.3, -0.25) is 9.59 Å². The molecule has 0 spiro atoms. The average Bonchev–Trinajstić information content (AvgIpc) is 2.20. The van der Waals surface area contributed by atoms with Crippen LogP contribution in [-0.2, 0) is 14.4 Å². The van der Waals surface area contributed by atoms with Gasteiger partial charge < -0.3 is 20.8 Å². The third-order valence-electron chi connectivity index (χ3n) is 2.27. The number of carbonyl (C=O) groups excluding carboxylic acids is 1. The fraction of sp³-hybridized carbons (Fsp3) is 0.700. The van der Waals surface area contributed by atoms with Crippen molar-refractivity contribution in [2.24, 2.45) is 5.92 Å². The highest BCUT2D eigenvalue weighted by molar-refractivity contribution is 5.89. The Morgan fingerprint density at radius 2 is 1.71 bits per heavy atom. The van der Waals surface area contributed by atoms with Gasteiger partial charge >= 0.3 is 11.9 Å². The Bertz CT molecular complexity index is 303. The lowest BCUT2D eigenvalue weighted by atomic mass is 10.0. The number of carboxylic acid groups (broad SMARTS) is 2. The van der Waals surface area contributed by atoms with Crippen molar-refractivity contribution in [2.75, 3.05) is 7.05 Å². The zero-order valence-corrected chi connectivity index (χ0v) is 10.1. The normalized spacial score (nSPS) is 14.1. The predicted octanol–water partition coefficient (Wildman–Crippen LogP) is -0.725. The molecule has 2 unspecified atom stereocenters. The Morgan fingerprint density at radius 1 is 1.18 bits per heavy atom. The van der Waals surface area contributed by atoms with Crippen molar-refractivity contribution in [3.8, 4) is 0 Å². The first kappa shape index (κ1) is 15.4. The maximum Gasteiger partial charge on any atom is 0.326 e. The molecule has 0 aromatic carbocycles. The van der Waals surface area contributed by atoms with E-state index in [0.717, 1.165) is 0 Å². The Balaban J connectivity index is 4.57. The van der Waals surface area contributed by atoms with Gasteiger partial charge in [0, 0.05) is 0 Å². The molecule has 0 fully saturated rings. The van der Waals surface area contributed by atoms with E-state index < -0.39 is 36.4 Å². The quantitative estimate of drug-likeness (QED) is 0.471. The standard InChI is InChI=1S/C10H18N2O5/c1-5(2)8(10(16)17)12-9(15)6(11-3)4-7(13)14/h5-6,8,11H,4H2,1-3H3,(H,12,15)(H,13,14)(H,16,17). The average molecular weight is 246 g/mol. The van der Waals surface area contributed by atoms with Crippen LogP contribution < -0.4 is 10.6 Å². The van der Waals surface area contributed by atoms with Crippen molar-refractivity contribution < 1.29 is 24.6 Å². The zero-order valence-electron chi connectivity index (χ0n) is 10.1. The summed E-state index contributed by atoms with van der Waals surface area (Å²) in [6.45, 7) is 3.31. The van der Waals surface area contributed by atoms with Crippen LogP contribution in [0.15, 0.2) is 0 Å². The van der Waals surface area contributed by atoms with Crippen molar-refractivity contribution in [1.82, 2.24) is 10.6 Å². The number of carboxylic acids is 2. The minimum absolute atomic E-state index is 0.279. The molecular formula is C10H18N2O5. The van der Waals surface area contributed by atoms with Crippen LogP contribution in [0, 0.1) is 5.92 Å². The van der Waals surface area contributed by atoms with E-state index in [4.69, 9.17) is 10.2 Å². The molecule has 0 aromatic heterocycles. The molecule has 0 saturated heterocycles. The van der Waals surface area contributed by atoms with Crippen LogP contribution in [0.5, 0.6) is 0 Å². The summed E-state index contributed by atoms with van der Waals surface area (Å²) >= 11 is 0. The maximum atomic E-state index is 11.6. The van der Waals surface area contributed by atoms with Gasteiger partial charge in [0.25, 0.3) is 0 Å². The molecule has 0 aromatic rings. The number of hydrogen-bond donors (Lipinski definition) is 4. The third kappa shape index (κ3) is 5.30. The Labute approximate surface area is 99.2 Å². The molecule has 0 saturated carbocycles. The Hall–Kier alpha value is -1.63. The fourth-order valence-electron chi connectivity index (χ4n) is 1.27. The number of hydrogen-bond acceptors (Lipinski definition) is 4. The van der Waals surface area contributed by atoms with Crippen LogP contribution in [0.1, 0.15) is 20.3 Å². The highest BCUT2D eigenvalue weighted by atomic mass is 16.4. The van der Waals surface area contributed by atoms with Crippen LogP contribution in [-0.4, -0.2) is 47.2 Å². The first-order valence-electron chi connectivity index (χ1n) is 5.21. The first-order chi connectivity index (χ1) is 7.79. The van der Waals surface area contributed by atoms with E-state index in [1.165, 1.54) is 7.05 Å². The van der Waals surface area contributed by atoms with E-state index in [1.807, 2.05) is 0 Å². The van der Waals surface area contributed by atoms with Crippen LogP contribution >= 0.6 is 0 Å². The molecule has 7 nitrogen and oxygen atoms in total. The molecule has 2 atom stereocenters. The van der Waals surface area contributed by atoms with Gasteiger partial charge in [-0.05, 0) is 13.0 Å². The molecule has 0 bridgehead atoms. The molecule has 0 heterocycles. The lowest BCUT2D eigenvalue weighted by molar-refractivity contribution is -0.144. The van der Waals surface area contributed by atoms with Gasteiger partial charge in [0.2, 0.25) is 5.91 Å². The van der Waals surface area contributed by atoms with Gasteiger partial charge in [0.15, 0.2) is 0 Å². The summed E-state index contributed by atoms with van der Waals surface area (Å²) in [5, 5.41) is 22.3.